The topological polar surface area (TPSA) is 762 Å². The molecule has 3 aromatic rings. The highest BCUT2D eigenvalue weighted by Crippen LogP contribution is 2.16. The Morgan fingerprint density at radius 2 is 0.818 bits per heavy atom. The van der Waals surface area contributed by atoms with E-state index in [9.17, 15) is 137 Å². The van der Waals surface area contributed by atoms with Crippen molar-refractivity contribution in [3.63, 3.8) is 0 Å². The standard InChI is InChI=1S/C74H108N18O29/c1-34(2)22-45(63(111)80-43(18-20-53(100)101)61(109)78-29-56(106)107)81-64(112)46(24-39-14-16-41(98)17-15-39)82-67(115)49(30-93)85-69(117)51(32-95)86-70(118)57(35(3)4)90-66(114)48(26-55(104)105)83-68(116)50(31-94)87-72(120)59(37(6)97)91-65(113)47(23-38-12-10-9-11-13-38)84-71(119)58(36(5)96)89-52(99)28-77-62(110)44(19-21-54(102)103)88-73(121)74(7,8)92-60(108)42(75)25-40-27-76-33-79-40/h9-17,27,33-37,42-51,57-59,93-98H,18-26,28-32,75H2,1-8H3,(H,76,79)(H,77,110)(H,78,109)(H,80,111)(H,81,112)(H,82,115)(H,83,116)(H,84,119)(H,85,117)(H,86,118)(H,87,120)(H,88,121)(H,89,99)(H,90,114)(H,91,113)(H,92,108)(H,100,101)(H,102,103)(H,104,105)(H,106,107)/t36-,37-,42+,43+,44+,45+,46+,47+,48+,49+,50+,51+,57+,58+,59+/m1/s1. The number of carboxylic acid groups (broad SMARTS) is 4. The van der Waals surface area contributed by atoms with Crippen LogP contribution in [-0.4, -0.2) is 303 Å². The van der Waals surface area contributed by atoms with Gasteiger partial charge in [-0.25, -0.2) is 4.98 Å². The molecule has 0 aliphatic carbocycles. The van der Waals surface area contributed by atoms with Crippen molar-refractivity contribution in [2.24, 2.45) is 17.6 Å². The molecule has 0 saturated carbocycles. The molecule has 0 aliphatic rings. The number of imidazole rings is 1. The maximum Gasteiger partial charge on any atom is 0.322 e. The van der Waals surface area contributed by atoms with E-state index in [4.69, 9.17) is 10.8 Å². The van der Waals surface area contributed by atoms with E-state index < -0.39 is 293 Å². The normalized spacial score (nSPS) is 14.9. The van der Waals surface area contributed by atoms with Gasteiger partial charge in [-0.2, -0.15) is 0 Å². The zero-order chi connectivity index (χ0) is 91.3. The van der Waals surface area contributed by atoms with Gasteiger partial charge in [-0.3, -0.25) is 91.1 Å². The van der Waals surface area contributed by atoms with Crippen LogP contribution in [0.15, 0.2) is 67.1 Å². The fourth-order valence-corrected chi connectivity index (χ4v) is 11.2. The lowest BCUT2D eigenvalue weighted by Crippen LogP contribution is -2.63. The molecule has 3 rings (SSSR count). The number of carboxylic acids is 4. The maximum atomic E-state index is 14.3. The van der Waals surface area contributed by atoms with Crippen LogP contribution >= 0.6 is 0 Å². The van der Waals surface area contributed by atoms with E-state index in [-0.39, 0.29) is 30.1 Å². The second-order valence-corrected chi connectivity index (χ2v) is 29.3. The number of rotatable bonds is 53. The predicted molar refractivity (Wildman–Crippen MR) is 416 cm³/mol. The van der Waals surface area contributed by atoms with E-state index in [0.29, 0.717) is 11.3 Å². The van der Waals surface area contributed by atoms with Gasteiger partial charge in [-0.05, 0) is 82.1 Å². The molecule has 1 aromatic heterocycles. The summed E-state index contributed by atoms with van der Waals surface area (Å²) in [7, 11) is 0. The molecule has 47 heteroatoms. The van der Waals surface area contributed by atoms with Crippen molar-refractivity contribution >= 4 is 112 Å². The van der Waals surface area contributed by atoms with E-state index in [1.165, 1.54) is 76.6 Å². The average molecular weight is 1710 g/mol. The number of nitrogens with zero attached hydrogens (tertiary/aromatic N) is 1. The number of aliphatic hydroxyl groups excluding tert-OH is 5. The molecular formula is C74H108N18O29. The molecule has 121 heavy (non-hydrogen) atoms. The number of hydrogen-bond donors (Lipinski definition) is 27. The molecule has 0 aliphatic heterocycles. The smallest absolute Gasteiger partial charge is 0.322 e. The Morgan fingerprint density at radius 3 is 1.27 bits per heavy atom. The largest absolute Gasteiger partial charge is 0.508 e. The van der Waals surface area contributed by atoms with Crippen molar-refractivity contribution in [2.45, 2.75) is 209 Å². The van der Waals surface area contributed by atoms with Crippen LogP contribution in [0.3, 0.4) is 0 Å². The van der Waals surface area contributed by atoms with Gasteiger partial charge in [0.15, 0.2) is 0 Å². The van der Waals surface area contributed by atoms with Crippen LogP contribution in [-0.2, 0) is 110 Å². The van der Waals surface area contributed by atoms with Crippen molar-refractivity contribution in [2.75, 3.05) is 32.9 Å². The minimum Gasteiger partial charge on any atom is -0.508 e. The summed E-state index contributed by atoms with van der Waals surface area (Å²) in [5.74, 6) is -25.7. The van der Waals surface area contributed by atoms with Crippen molar-refractivity contribution < 1.29 is 142 Å². The molecule has 47 nitrogen and oxygen atoms in total. The van der Waals surface area contributed by atoms with Gasteiger partial charge in [0.2, 0.25) is 88.6 Å². The lowest BCUT2D eigenvalue weighted by Gasteiger charge is -2.29. The quantitative estimate of drug-likeness (QED) is 0.0250. The van der Waals surface area contributed by atoms with Gasteiger partial charge in [0, 0.05) is 38.3 Å². The summed E-state index contributed by atoms with van der Waals surface area (Å²) >= 11 is 0. The van der Waals surface area contributed by atoms with Gasteiger partial charge in [-0.15, -0.1) is 0 Å². The Balaban J connectivity index is 1.80. The summed E-state index contributed by atoms with van der Waals surface area (Å²) in [6.07, 6.45) is -5.51. The Kier molecular flexibility index (Phi) is 42.4. The molecule has 1 heterocycles. The summed E-state index contributed by atoms with van der Waals surface area (Å²) in [6, 6.07) is -10.9. The van der Waals surface area contributed by atoms with Crippen LogP contribution in [0.25, 0.3) is 0 Å². The minimum absolute atomic E-state index is 0.0266. The molecule has 0 unspecified atom stereocenters. The molecule has 0 fully saturated rings. The summed E-state index contributed by atoms with van der Waals surface area (Å²) in [4.78, 5) is 259. The molecule has 668 valence electrons. The first-order valence-electron chi connectivity index (χ1n) is 37.8. The zero-order valence-electron chi connectivity index (χ0n) is 67.3. The van der Waals surface area contributed by atoms with E-state index >= 15 is 0 Å². The third kappa shape index (κ3) is 36.1. The summed E-state index contributed by atoms with van der Waals surface area (Å²) in [6.45, 7) is 4.79. The second-order valence-electron chi connectivity index (χ2n) is 29.3. The van der Waals surface area contributed by atoms with Crippen LogP contribution < -0.4 is 85.5 Å². The predicted octanol–water partition coefficient (Wildman–Crippen LogP) is -9.86. The molecular weight excluding hydrogens is 1600 g/mol. The molecule has 0 radical (unpaired) electrons. The summed E-state index contributed by atoms with van der Waals surface area (Å²) in [5.41, 5.74) is 5.29. The SMILES string of the molecule is CC(C)C[C@H](NC(=O)[C@H](Cc1ccc(O)cc1)NC(=O)[C@H](CO)NC(=O)[C@H](CO)NC(=O)[C@@H](NC(=O)[C@H](CC(=O)O)NC(=O)[C@H](CO)NC(=O)[C@@H](NC(=O)[C@H](Cc1ccccc1)NC(=O)[C@@H](NC(=O)CNC(=O)[C@H](CCC(=O)O)NC(=O)C(C)(C)NC(=O)[C@@H](N)Cc1c[nH]cn1)[C@@H](C)O)[C@@H](C)O)C(C)C)C(=O)N[C@@H](CCC(=O)O)C(=O)NCC(=O)O. The van der Waals surface area contributed by atoms with Crippen LogP contribution in [0.1, 0.15) is 111 Å². The molecule has 28 N–H and O–H groups in total. The van der Waals surface area contributed by atoms with Crippen molar-refractivity contribution in [3.05, 3.63) is 83.9 Å². The lowest BCUT2D eigenvalue weighted by atomic mass is 10.00. The van der Waals surface area contributed by atoms with Gasteiger partial charge in [0.1, 0.15) is 90.3 Å². The number of aromatic hydroxyl groups is 1. The first-order valence-corrected chi connectivity index (χ1v) is 37.8. The highest BCUT2D eigenvalue weighted by atomic mass is 16.4. The first-order chi connectivity index (χ1) is 56.7. The number of phenolic OH excluding ortho intramolecular Hbond substituents is 1. The molecule has 0 spiro atoms. The Hall–Kier alpha value is -12.9. The highest BCUT2D eigenvalue weighted by Gasteiger charge is 2.41. The van der Waals surface area contributed by atoms with Crippen molar-refractivity contribution in [1.29, 1.82) is 0 Å². The van der Waals surface area contributed by atoms with Gasteiger partial charge < -0.3 is 142 Å². The molecule has 0 saturated heterocycles. The Bertz CT molecular complexity index is 4090. The number of nitrogens with one attached hydrogen (secondary N) is 16. The molecule has 15 amide bonds. The van der Waals surface area contributed by atoms with E-state index in [2.05, 4.69) is 73.8 Å². The van der Waals surface area contributed by atoms with E-state index in [1.807, 2.05) is 16.0 Å². The fourth-order valence-electron chi connectivity index (χ4n) is 11.2. The van der Waals surface area contributed by atoms with Crippen LogP contribution in [0.4, 0.5) is 0 Å². The average Bonchev–Trinajstić information content (AvgIpc) is 1.32. The van der Waals surface area contributed by atoms with Crippen LogP contribution in [0.5, 0.6) is 5.75 Å². The van der Waals surface area contributed by atoms with Crippen molar-refractivity contribution in [3.8, 4) is 5.75 Å². The maximum absolute atomic E-state index is 14.3. The summed E-state index contributed by atoms with van der Waals surface area (Å²) in [5, 5.41) is 134. The van der Waals surface area contributed by atoms with E-state index in [0.717, 1.165) is 13.8 Å². The first kappa shape index (κ1) is 102. The Labute approximate surface area is 691 Å². The monoisotopic (exact) mass is 1710 g/mol. The van der Waals surface area contributed by atoms with Gasteiger partial charge in [-0.1, -0.05) is 70.2 Å². The van der Waals surface area contributed by atoms with Crippen molar-refractivity contribution in [1.82, 2.24) is 89.7 Å². The number of aliphatic carboxylic acids is 4. The molecule has 0 bridgehead atoms. The highest BCUT2D eigenvalue weighted by molar-refractivity contribution is 6.01. The van der Waals surface area contributed by atoms with Gasteiger partial charge in [0.05, 0.1) is 63.1 Å². The lowest BCUT2D eigenvalue weighted by molar-refractivity contribution is -0.142. The number of aromatic nitrogens is 2. The van der Waals surface area contributed by atoms with Gasteiger partial charge in [0.25, 0.3) is 0 Å². The van der Waals surface area contributed by atoms with Crippen LogP contribution in [0, 0.1) is 11.8 Å². The second kappa shape index (κ2) is 50.1. The number of carbonyl (C=O) groups excluding carboxylic acids is 15. The Morgan fingerprint density at radius 1 is 0.421 bits per heavy atom. The number of H-pyrrole nitrogens is 1. The number of aromatic amines is 1. The third-order valence-electron chi connectivity index (χ3n) is 17.8. The molecule has 2 aromatic carbocycles. The van der Waals surface area contributed by atoms with E-state index in [1.54, 1.807) is 32.0 Å². The number of aliphatic hydroxyl groups is 5. The number of benzene rings is 2. The van der Waals surface area contributed by atoms with Crippen LogP contribution in [0.2, 0.25) is 0 Å². The number of amides is 15. The number of phenols is 1. The number of carbonyl (C=O) groups is 19. The van der Waals surface area contributed by atoms with Gasteiger partial charge >= 0.3 is 23.9 Å². The summed E-state index contributed by atoms with van der Waals surface area (Å²) < 4.78 is 0. The number of nitrogens with two attached hydrogens (primary N) is 1. The zero-order valence-corrected chi connectivity index (χ0v) is 67.3. The molecule has 15 atom stereocenters. The third-order valence-corrected chi connectivity index (χ3v) is 17.8. The fraction of sp³-hybridized carbons (Fsp3) is 0.541. The number of hydrogen-bond acceptors (Lipinski definition) is 27. The minimum atomic E-state index is -2.19.